The normalized spacial score (nSPS) is 10.8. The van der Waals surface area contributed by atoms with E-state index in [1.54, 1.807) is 18.4 Å². The first-order valence-electron chi connectivity index (χ1n) is 6.55. The lowest BCUT2D eigenvalue weighted by atomic mass is 9.99. The first-order valence-corrected chi connectivity index (χ1v) is 7.49. The van der Waals surface area contributed by atoms with Crippen LogP contribution in [0.4, 0.5) is 5.88 Å². The van der Waals surface area contributed by atoms with Gasteiger partial charge in [0.05, 0.1) is 12.7 Å². The van der Waals surface area contributed by atoms with Crippen LogP contribution < -0.4 is 10.5 Å². The van der Waals surface area contributed by atoms with Crippen molar-refractivity contribution in [1.82, 2.24) is 5.16 Å². The first-order chi connectivity index (χ1) is 10.1. The van der Waals surface area contributed by atoms with Gasteiger partial charge in [0.25, 0.3) is 0 Å². The maximum Gasteiger partial charge on any atom is 0.230 e. The molecule has 2 aromatic heterocycles. The van der Waals surface area contributed by atoms with E-state index in [1.807, 2.05) is 25.1 Å². The summed E-state index contributed by atoms with van der Waals surface area (Å²) in [5.74, 6) is 1.14. The second-order valence-electron chi connectivity index (χ2n) is 4.92. The minimum atomic E-state index is 0.321. The number of aromatic nitrogens is 1. The molecule has 2 N–H and O–H groups in total. The topological polar surface area (TPSA) is 61.3 Å². The highest BCUT2D eigenvalue weighted by molar-refractivity contribution is 7.08. The molecule has 108 valence electrons. The van der Waals surface area contributed by atoms with Crippen molar-refractivity contribution in [3.8, 4) is 28.1 Å². The number of anilines is 1. The summed E-state index contributed by atoms with van der Waals surface area (Å²) in [6.45, 7) is 4.06. The highest BCUT2D eigenvalue weighted by Gasteiger charge is 2.20. The molecule has 0 atom stereocenters. The number of thiophene rings is 1. The van der Waals surface area contributed by atoms with Gasteiger partial charge in [-0.05, 0) is 42.0 Å². The third-order valence-corrected chi connectivity index (χ3v) is 4.39. The number of aryl methyl sites for hydroxylation is 2. The van der Waals surface area contributed by atoms with Crippen LogP contribution in [0.25, 0.3) is 22.4 Å². The van der Waals surface area contributed by atoms with Gasteiger partial charge in [0.2, 0.25) is 5.88 Å². The Labute approximate surface area is 127 Å². The molecule has 0 aliphatic rings. The van der Waals surface area contributed by atoms with Crippen LogP contribution in [0.5, 0.6) is 5.75 Å². The Morgan fingerprint density at radius 3 is 2.67 bits per heavy atom. The van der Waals surface area contributed by atoms with Gasteiger partial charge in [-0.15, -0.1) is 0 Å². The summed E-state index contributed by atoms with van der Waals surface area (Å²) in [4.78, 5) is 0. The maximum absolute atomic E-state index is 5.99. The molecule has 0 aliphatic heterocycles. The number of ether oxygens (including phenoxy) is 1. The minimum absolute atomic E-state index is 0.321. The molecule has 0 amide bonds. The van der Waals surface area contributed by atoms with Crippen LogP contribution in [0.3, 0.4) is 0 Å². The van der Waals surface area contributed by atoms with Gasteiger partial charge in [-0.25, -0.2) is 0 Å². The monoisotopic (exact) mass is 300 g/mol. The Morgan fingerprint density at radius 1 is 1.19 bits per heavy atom. The minimum Gasteiger partial charge on any atom is -0.496 e. The van der Waals surface area contributed by atoms with E-state index in [0.29, 0.717) is 5.88 Å². The van der Waals surface area contributed by atoms with Crippen molar-refractivity contribution in [1.29, 1.82) is 0 Å². The van der Waals surface area contributed by atoms with Crippen molar-refractivity contribution in [3.05, 3.63) is 40.1 Å². The Hall–Kier alpha value is -2.27. The van der Waals surface area contributed by atoms with Crippen LogP contribution >= 0.6 is 11.3 Å². The predicted molar refractivity (Wildman–Crippen MR) is 85.7 cm³/mol. The zero-order chi connectivity index (χ0) is 15.0. The molecule has 4 nitrogen and oxygen atoms in total. The molecule has 2 heterocycles. The van der Waals surface area contributed by atoms with Gasteiger partial charge < -0.3 is 15.0 Å². The lowest BCUT2D eigenvalue weighted by molar-refractivity contribution is 0.412. The zero-order valence-electron chi connectivity index (χ0n) is 12.1. The van der Waals surface area contributed by atoms with E-state index < -0.39 is 0 Å². The Kier molecular flexibility index (Phi) is 3.43. The van der Waals surface area contributed by atoms with E-state index in [9.17, 15) is 0 Å². The molecular formula is C16H16N2O2S. The molecule has 0 unspecified atom stereocenters. The van der Waals surface area contributed by atoms with E-state index in [2.05, 4.69) is 22.8 Å². The van der Waals surface area contributed by atoms with E-state index in [0.717, 1.165) is 39.3 Å². The summed E-state index contributed by atoms with van der Waals surface area (Å²) in [7, 11) is 1.66. The molecule has 21 heavy (non-hydrogen) atoms. The molecule has 0 saturated heterocycles. The number of methoxy groups -OCH3 is 1. The van der Waals surface area contributed by atoms with Crippen molar-refractivity contribution in [3.63, 3.8) is 0 Å². The Balaban J connectivity index is 2.19. The van der Waals surface area contributed by atoms with Crippen molar-refractivity contribution in [2.75, 3.05) is 12.8 Å². The van der Waals surface area contributed by atoms with E-state index in [4.69, 9.17) is 15.0 Å². The summed E-state index contributed by atoms with van der Waals surface area (Å²) >= 11 is 1.64. The number of benzene rings is 1. The second kappa shape index (κ2) is 5.26. The molecule has 0 radical (unpaired) electrons. The highest BCUT2D eigenvalue weighted by atomic mass is 32.1. The molecule has 0 fully saturated rings. The quantitative estimate of drug-likeness (QED) is 0.784. The second-order valence-corrected chi connectivity index (χ2v) is 5.67. The predicted octanol–water partition coefficient (Wildman–Crippen LogP) is 4.28. The van der Waals surface area contributed by atoms with Crippen LogP contribution in [-0.4, -0.2) is 12.3 Å². The largest absolute Gasteiger partial charge is 0.496 e. The van der Waals surface area contributed by atoms with E-state index >= 15 is 0 Å². The molecule has 1 aromatic carbocycles. The highest BCUT2D eigenvalue weighted by Crippen LogP contribution is 2.39. The van der Waals surface area contributed by atoms with Gasteiger partial charge in [-0.2, -0.15) is 11.3 Å². The molecule has 0 bridgehead atoms. The van der Waals surface area contributed by atoms with Gasteiger partial charge in [0.15, 0.2) is 0 Å². The standard InChI is InChI=1S/C16H16N2O2S/c1-9-4-5-11(6-13(9)19-3)14-15(18-20-16(14)17)12-8-21-7-10(12)2/h4-8H,17H2,1-3H3. The van der Waals surface area contributed by atoms with E-state index in [1.165, 1.54) is 0 Å². The summed E-state index contributed by atoms with van der Waals surface area (Å²) < 4.78 is 10.6. The summed E-state index contributed by atoms with van der Waals surface area (Å²) in [5, 5.41) is 8.28. The van der Waals surface area contributed by atoms with Gasteiger partial charge >= 0.3 is 0 Å². The fraction of sp³-hybridized carbons (Fsp3) is 0.188. The summed E-state index contributed by atoms with van der Waals surface area (Å²) in [6, 6.07) is 5.97. The van der Waals surface area contributed by atoms with Crippen LogP contribution in [0.2, 0.25) is 0 Å². The van der Waals surface area contributed by atoms with Gasteiger partial charge in [0, 0.05) is 10.9 Å². The van der Waals surface area contributed by atoms with Crippen molar-refractivity contribution in [2.45, 2.75) is 13.8 Å². The van der Waals surface area contributed by atoms with Gasteiger partial charge in [-0.3, -0.25) is 0 Å². The molecule has 0 spiro atoms. The number of nitrogen functional groups attached to an aromatic ring is 1. The average Bonchev–Trinajstić information content (AvgIpc) is 3.05. The Bertz CT molecular complexity index is 789. The van der Waals surface area contributed by atoms with Crippen molar-refractivity contribution in [2.24, 2.45) is 0 Å². The van der Waals surface area contributed by atoms with Crippen molar-refractivity contribution >= 4 is 17.2 Å². The van der Waals surface area contributed by atoms with Gasteiger partial charge in [0.1, 0.15) is 11.4 Å². The molecule has 0 saturated carbocycles. The fourth-order valence-corrected chi connectivity index (χ4v) is 3.18. The lowest BCUT2D eigenvalue weighted by Gasteiger charge is -2.08. The number of nitrogens with zero attached hydrogens (tertiary/aromatic N) is 1. The lowest BCUT2D eigenvalue weighted by Crippen LogP contribution is -1.91. The SMILES string of the molecule is COc1cc(-c2c(-c3cscc3C)noc2N)ccc1C. The molecule has 5 heteroatoms. The molecule has 3 rings (SSSR count). The molecular weight excluding hydrogens is 284 g/mol. The molecule has 3 aromatic rings. The first kappa shape index (κ1) is 13.7. The number of rotatable bonds is 3. The average molecular weight is 300 g/mol. The number of hydrogen-bond acceptors (Lipinski definition) is 5. The van der Waals surface area contributed by atoms with Crippen molar-refractivity contribution < 1.29 is 9.26 Å². The smallest absolute Gasteiger partial charge is 0.230 e. The summed E-state index contributed by atoms with van der Waals surface area (Å²) in [6.07, 6.45) is 0. The molecule has 0 aliphatic carbocycles. The van der Waals surface area contributed by atoms with Crippen LogP contribution in [0.15, 0.2) is 33.5 Å². The third kappa shape index (κ3) is 2.29. The van der Waals surface area contributed by atoms with Crippen LogP contribution in [-0.2, 0) is 0 Å². The summed E-state index contributed by atoms with van der Waals surface area (Å²) in [5.41, 5.74) is 11.8. The zero-order valence-corrected chi connectivity index (χ0v) is 13.0. The van der Waals surface area contributed by atoms with E-state index in [-0.39, 0.29) is 0 Å². The van der Waals surface area contributed by atoms with Crippen LogP contribution in [0, 0.1) is 13.8 Å². The third-order valence-electron chi connectivity index (χ3n) is 3.53. The number of nitrogens with two attached hydrogens (primary N) is 1. The maximum atomic E-state index is 5.99. The number of hydrogen-bond donors (Lipinski definition) is 1. The van der Waals surface area contributed by atoms with Gasteiger partial charge in [-0.1, -0.05) is 17.3 Å². The fourth-order valence-electron chi connectivity index (χ4n) is 2.34. The Morgan fingerprint density at radius 2 is 2.00 bits per heavy atom. The van der Waals surface area contributed by atoms with Crippen LogP contribution in [0.1, 0.15) is 11.1 Å².